The summed E-state index contributed by atoms with van der Waals surface area (Å²) in [6, 6.07) is 3.30. The molecule has 3 aromatic rings. The van der Waals surface area contributed by atoms with Gasteiger partial charge in [0.15, 0.2) is 22.9 Å². The van der Waals surface area contributed by atoms with E-state index in [4.69, 9.17) is 9.47 Å². The molecule has 1 aliphatic rings. The summed E-state index contributed by atoms with van der Waals surface area (Å²) in [5, 5.41) is 10.1. The number of Topliss-reactive ketones (excluding diaryl/α,β-unsaturated/α-hetero) is 1. The van der Waals surface area contributed by atoms with Crippen LogP contribution in [0.5, 0.6) is 17.2 Å². The Bertz CT molecular complexity index is 1050. The molecule has 0 unspecified atom stereocenters. The van der Waals surface area contributed by atoms with Crippen LogP contribution in [-0.2, 0) is 0 Å². The minimum Gasteiger partial charge on any atom is -0.502 e. The molecule has 140 valence electrons. The Morgan fingerprint density at radius 1 is 1.26 bits per heavy atom. The first kappa shape index (κ1) is 17.7. The summed E-state index contributed by atoms with van der Waals surface area (Å²) < 4.78 is 11.9. The fourth-order valence-corrected chi connectivity index (χ4v) is 3.32. The van der Waals surface area contributed by atoms with E-state index in [2.05, 4.69) is 22.8 Å². The van der Waals surface area contributed by atoms with E-state index >= 15 is 0 Å². The summed E-state index contributed by atoms with van der Waals surface area (Å²) in [5.74, 6) is 0.504. The molecule has 2 aromatic heterocycles. The van der Waals surface area contributed by atoms with E-state index in [0.29, 0.717) is 28.0 Å². The molecule has 4 rings (SSSR count). The molecule has 0 amide bonds. The number of thiol groups is 1. The second kappa shape index (κ2) is 6.16. The maximum absolute atomic E-state index is 12.9. The maximum atomic E-state index is 12.9. The summed E-state index contributed by atoms with van der Waals surface area (Å²) in [7, 11) is 2.92. The number of fused-ring (bicyclic) bond motifs is 1. The molecule has 1 aliphatic carbocycles. The van der Waals surface area contributed by atoms with Crippen molar-refractivity contribution in [3.8, 4) is 28.5 Å². The SMILES string of the molecule is COc1cc(-c2cnc3c(n2)c(C(=O)C2(C)CC2)cn3S)cc(OC)c1O. The zero-order valence-corrected chi connectivity index (χ0v) is 16.1. The molecule has 1 N–H and O–H groups in total. The molecule has 1 fully saturated rings. The fraction of sp³-hybridized carbons (Fsp3) is 0.316. The van der Waals surface area contributed by atoms with Crippen LogP contribution in [0.2, 0.25) is 0 Å². The number of benzene rings is 1. The number of ketones is 1. The number of phenolic OH excluding ortho intramolecular Hbond substituents is 1. The first-order valence-corrected chi connectivity index (χ1v) is 8.85. The Labute approximate surface area is 161 Å². The lowest BCUT2D eigenvalue weighted by Crippen LogP contribution is -2.11. The molecule has 27 heavy (non-hydrogen) atoms. The van der Waals surface area contributed by atoms with Crippen molar-refractivity contribution < 1.29 is 19.4 Å². The number of nitrogens with zero attached hydrogens (tertiary/aromatic N) is 3. The van der Waals surface area contributed by atoms with Crippen molar-refractivity contribution in [3.63, 3.8) is 0 Å². The van der Waals surface area contributed by atoms with Crippen LogP contribution in [0, 0.1) is 5.41 Å². The number of aromatic hydroxyl groups is 1. The summed E-state index contributed by atoms with van der Waals surface area (Å²) >= 11 is 4.37. The Morgan fingerprint density at radius 3 is 2.44 bits per heavy atom. The molecule has 0 bridgehead atoms. The molecule has 0 spiro atoms. The second-order valence-electron chi connectivity index (χ2n) is 6.93. The van der Waals surface area contributed by atoms with Gasteiger partial charge in [0.05, 0.1) is 31.7 Å². The van der Waals surface area contributed by atoms with E-state index < -0.39 is 0 Å². The van der Waals surface area contributed by atoms with E-state index in [1.165, 1.54) is 18.2 Å². The summed E-state index contributed by atoms with van der Waals surface area (Å²) in [5.41, 5.74) is 2.42. The highest BCUT2D eigenvalue weighted by molar-refractivity contribution is 7.78. The molecule has 8 heteroatoms. The topological polar surface area (TPSA) is 86.5 Å². The predicted octanol–water partition coefficient (Wildman–Crippen LogP) is 3.50. The van der Waals surface area contributed by atoms with Crippen molar-refractivity contribution >= 4 is 29.8 Å². The monoisotopic (exact) mass is 385 g/mol. The Kier molecular flexibility index (Phi) is 4.03. The summed E-state index contributed by atoms with van der Waals surface area (Å²) in [4.78, 5) is 21.9. The van der Waals surface area contributed by atoms with E-state index in [0.717, 1.165) is 12.8 Å². The molecule has 0 radical (unpaired) electrons. The van der Waals surface area contributed by atoms with Crippen LogP contribution in [0.25, 0.3) is 22.4 Å². The van der Waals surface area contributed by atoms with Gasteiger partial charge in [-0.05, 0) is 25.0 Å². The normalized spacial score (nSPS) is 15.0. The molecule has 7 nitrogen and oxygen atoms in total. The van der Waals surface area contributed by atoms with Crippen LogP contribution in [-0.4, -0.2) is 39.0 Å². The summed E-state index contributed by atoms with van der Waals surface area (Å²) in [6.07, 6.45) is 5.02. The Morgan fingerprint density at radius 2 is 1.89 bits per heavy atom. The minimum atomic E-state index is -0.315. The molecule has 2 heterocycles. The van der Waals surface area contributed by atoms with Crippen molar-refractivity contribution in [2.75, 3.05) is 14.2 Å². The van der Waals surface area contributed by atoms with E-state index in [1.807, 2.05) is 6.92 Å². The zero-order valence-electron chi connectivity index (χ0n) is 15.2. The van der Waals surface area contributed by atoms with Crippen LogP contribution >= 0.6 is 12.8 Å². The molecular formula is C19H19N3O4S. The number of hydrogen-bond acceptors (Lipinski definition) is 7. The quantitative estimate of drug-likeness (QED) is 0.516. The number of rotatable bonds is 5. The van der Waals surface area contributed by atoms with Gasteiger partial charge < -0.3 is 14.6 Å². The van der Waals surface area contributed by atoms with Crippen LogP contribution in [0.3, 0.4) is 0 Å². The first-order chi connectivity index (χ1) is 12.9. The van der Waals surface area contributed by atoms with Gasteiger partial charge in [0.25, 0.3) is 0 Å². The summed E-state index contributed by atoms with van der Waals surface area (Å²) in [6.45, 7) is 1.96. The standard InChI is InChI=1S/C19H19N3O4S/c1-19(4-5-19)17(24)11-9-22(27)18-15(11)21-12(8-20-18)10-6-13(25-2)16(23)14(7-10)26-3/h6-9,23,27H,4-5H2,1-3H3. The highest BCUT2D eigenvalue weighted by atomic mass is 32.1. The lowest BCUT2D eigenvalue weighted by atomic mass is 9.98. The van der Waals surface area contributed by atoms with Crippen LogP contribution in [0.15, 0.2) is 24.5 Å². The van der Waals surface area contributed by atoms with Crippen LogP contribution in [0.4, 0.5) is 0 Å². The Balaban J connectivity index is 1.88. The molecule has 1 aromatic carbocycles. The van der Waals surface area contributed by atoms with Crippen molar-refractivity contribution in [2.24, 2.45) is 5.41 Å². The van der Waals surface area contributed by atoms with Gasteiger partial charge in [-0.3, -0.25) is 8.77 Å². The van der Waals surface area contributed by atoms with Crippen LogP contribution in [0.1, 0.15) is 30.1 Å². The lowest BCUT2D eigenvalue weighted by molar-refractivity contribution is 0.0914. The highest BCUT2D eigenvalue weighted by Gasteiger charge is 2.46. The Hall–Kier alpha value is -2.74. The second-order valence-corrected chi connectivity index (χ2v) is 7.36. The van der Waals surface area contributed by atoms with Crippen molar-refractivity contribution in [2.45, 2.75) is 19.8 Å². The van der Waals surface area contributed by atoms with Crippen LogP contribution < -0.4 is 9.47 Å². The van der Waals surface area contributed by atoms with Gasteiger partial charge in [0.2, 0.25) is 5.75 Å². The first-order valence-electron chi connectivity index (χ1n) is 8.45. The van der Waals surface area contributed by atoms with Gasteiger partial charge >= 0.3 is 0 Å². The third-order valence-corrected chi connectivity index (χ3v) is 5.35. The van der Waals surface area contributed by atoms with Gasteiger partial charge in [-0.15, -0.1) is 0 Å². The minimum absolute atomic E-state index is 0.0626. The number of carbonyl (C=O) groups is 1. The van der Waals surface area contributed by atoms with E-state index in [-0.39, 0.29) is 28.4 Å². The van der Waals surface area contributed by atoms with E-state index in [9.17, 15) is 9.90 Å². The number of methoxy groups -OCH3 is 2. The molecule has 0 aliphatic heterocycles. The highest BCUT2D eigenvalue weighted by Crippen LogP contribution is 2.48. The lowest BCUT2D eigenvalue weighted by Gasteiger charge is -2.11. The average Bonchev–Trinajstić information content (AvgIpc) is 3.35. The number of carbonyl (C=O) groups excluding carboxylic acids is 1. The number of ether oxygens (including phenoxy) is 2. The number of hydrogen-bond donors (Lipinski definition) is 2. The van der Waals surface area contributed by atoms with Crippen molar-refractivity contribution in [3.05, 3.63) is 30.1 Å². The predicted molar refractivity (Wildman–Crippen MR) is 104 cm³/mol. The van der Waals surface area contributed by atoms with Gasteiger partial charge in [-0.25, -0.2) is 9.97 Å². The third-order valence-electron chi connectivity index (χ3n) is 5.05. The number of aromatic nitrogens is 3. The maximum Gasteiger partial charge on any atom is 0.200 e. The van der Waals surface area contributed by atoms with Crippen molar-refractivity contribution in [1.29, 1.82) is 0 Å². The van der Waals surface area contributed by atoms with E-state index in [1.54, 1.807) is 24.5 Å². The third kappa shape index (κ3) is 2.80. The van der Waals surface area contributed by atoms with Gasteiger partial charge in [0.1, 0.15) is 5.52 Å². The molecule has 1 saturated carbocycles. The van der Waals surface area contributed by atoms with Crippen molar-refractivity contribution in [1.82, 2.24) is 13.9 Å². The molecule has 0 atom stereocenters. The van der Waals surface area contributed by atoms with Gasteiger partial charge in [0, 0.05) is 17.2 Å². The molecular weight excluding hydrogens is 366 g/mol. The average molecular weight is 385 g/mol. The molecule has 0 saturated heterocycles. The van der Waals surface area contributed by atoms with Gasteiger partial charge in [-0.2, -0.15) is 0 Å². The fourth-order valence-electron chi connectivity index (χ4n) is 3.06. The number of phenols is 1. The van der Waals surface area contributed by atoms with Gasteiger partial charge in [-0.1, -0.05) is 19.7 Å². The largest absolute Gasteiger partial charge is 0.502 e. The zero-order chi connectivity index (χ0) is 19.3. The smallest absolute Gasteiger partial charge is 0.200 e.